The molecule has 0 aliphatic carbocycles. The molecule has 3 nitrogen and oxygen atoms in total. The number of nitrogens with zero attached hydrogens (tertiary/aromatic N) is 1. The van der Waals surface area contributed by atoms with E-state index < -0.39 is 0 Å². The van der Waals surface area contributed by atoms with Gasteiger partial charge in [-0.1, -0.05) is 0 Å². The predicted molar refractivity (Wildman–Crippen MR) is 13.3 cm³/mol. The SMILES string of the molecule is O=NO.[La].[Pb]. The van der Waals surface area contributed by atoms with Crippen LogP contribution in [0.4, 0.5) is 0 Å². The van der Waals surface area contributed by atoms with Crippen LogP contribution in [0.2, 0.25) is 0 Å². The fourth-order valence-electron chi connectivity index (χ4n) is 0. The van der Waals surface area contributed by atoms with Crippen molar-refractivity contribution in [2.45, 2.75) is 0 Å². The fourth-order valence-corrected chi connectivity index (χ4v) is 0. The summed E-state index contributed by atoms with van der Waals surface area (Å²) in [4.78, 5) is 8.11. The Morgan fingerprint density at radius 3 is 1.60 bits per heavy atom. The number of rotatable bonds is 0. The van der Waals surface area contributed by atoms with E-state index in [1.54, 1.807) is 0 Å². The summed E-state index contributed by atoms with van der Waals surface area (Å²) in [6, 6.07) is 0. The molecule has 0 unspecified atom stereocenters. The normalized spacial score (nSPS) is 2.40. The van der Waals surface area contributed by atoms with Gasteiger partial charge >= 0.3 is 0 Å². The second kappa shape index (κ2) is 17.8. The molecule has 0 heterocycles. The zero-order valence-corrected chi connectivity index (χ0v) is 9.89. The Labute approximate surface area is 77.2 Å². The van der Waals surface area contributed by atoms with E-state index in [0.29, 0.717) is 0 Å². The quantitative estimate of drug-likeness (QED) is 0.351. The van der Waals surface area contributed by atoms with Gasteiger partial charge in [0.25, 0.3) is 0 Å². The summed E-state index contributed by atoms with van der Waals surface area (Å²) in [5.74, 6) is 0. The Bertz CT molecular complexity index is 17.1. The molecular formula is HLaNO2Pb. The van der Waals surface area contributed by atoms with E-state index in [4.69, 9.17) is 10.1 Å². The van der Waals surface area contributed by atoms with Crippen LogP contribution >= 0.6 is 0 Å². The average Bonchev–Trinajstić information content (AvgIpc) is 0.918. The molecule has 5 radical (unpaired) electrons. The maximum absolute atomic E-state index is 8.11. The molecular weight excluding hydrogens is 392 g/mol. The van der Waals surface area contributed by atoms with Gasteiger partial charge in [0.15, 0.2) is 5.34 Å². The topological polar surface area (TPSA) is 49.7 Å². The molecule has 0 atom stereocenters. The van der Waals surface area contributed by atoms with Crippen LogP contribution < -0.4 is 0 Å². The van der Waals surface area contributed by atoms with Crippen LogP contribution in [0, 0.1) is 40.5 Å². The van der Waals surface area contributed by atoms with Crippen LogP contribution in [-0.4, -0.2) is 32.5 Å². The molecule has 0 saturated heterocycles. The van der Waals surface area contributed by atoms with E-state index in [0.717, 1.165) is 0 Å². The third kappa shape index (κ3) is 29.7. The van der Waals surface area contributed by atoms with Crippen LogP contribution in [0.5, 0.6) is 0 Å². The van der Waals surface area contributed by atoms with Crippen molar-refractivity contribution in [2.75, 3.05) is 0 Å². The predicted octanol–water partition coefficient (Wildman–Crippen LogP) is -0.239. The van der Waals surface area contributed by atoms with Crippen molar-refractivity contribution >= 4 is 27.3 Å². The largest absolute Gasteiger partial charge is 0.379 e. The summed E-state index contributed by atoms with van der Waals surface area (Å²) in [6.45, 7) is 0. The zero-order valence-electron chi connectivity index (χ0n) is 2.38. The smallest absolute Gasteiger partial charge is 0.152 e. The Kier molecular flexibility index (Phi) is 57.0. The molecule has 0 fully saturated rings. The van der Waals surface area contributed by atoms with Gasteiger partial charge in [0, 0.05) is 62.9 Å². The molecule has 5 heteroatoms. The van der Waals surface area contributed by atoms with Gasteiger partial charge in [0.2, 0.25) is 0 Å². The molecule has 0 aliphatic rings. The van der Waals surface area contributed by atoms with Crippen LogP contribution in [0.25, 0.3) is 0 Å². The second-order valence-electron chi connectivity index (χ2n) is 0.0816. The summed E-state index contributed by atoms with van der Waals surface area (Å²) in [7, 11) is 0. The summed E-state index contributed by atoms with van der Waals surface area (Å²) >= 11 is 0. The second-order valence-corrected chi connectivity index (χ2v) is 0.0816. The third-order valence-corrected chi connectivity index (χ3v) is 0. The third-order valence-electron chi connectivity index (χ3n) is 0. The van der Waals surface area contributed by atoms with Crippen molar-refractivity contribution in [1.29, 1.82) is 0 Å². The molecule has 1 N–H and O–H groups in total. The monoisotopic (exact) mass is 394 g/mol. The molecule has 25 valence electrons. The standard InChI is InChI=1S/La.HNO2.Pb/c;2-1-3;/h;(H,2,3);. The summed E-state index contributed by atoms with van der Waals surface area (Å²) in [6.07, 6.45) is 0. The molecule has 0 saturated carbocycles. The van der Waals surface area contributed by atoms with Crippen molar-refractivity contribution < 1.29 is 40.8 Å². The van der Waals surface area contributed by atoms with Crippen LogP contribution in [0.3, 0.4) is 0 Å². The molecule has 0 aromatic heterocycles. The average molecular weight is 393 g/mol. The first-order valence-corrected chi connectivity index (χ1v) is 0.383. The molecule has 0 aromatic rings. The maximum Gasteiger partial charge on any atom is 0.152 e. The molecule has 0 rings (SSSR count). The minimum absolute atomic E-state index is 0. The fraction of sp³-hybridized carbons (Fsp3) is 0. The first-order chi connectivity index (χ1) is 1.41. The number of hydrogen-bond acceptors (Lipinski definition) is 2. The van der Waals surface area contributed by atoms with Gasteiger partial charge in [0.1, 0.15) is 0 Å². The molecule has 0 bridgehead atoms. The number of hydrogen-bond donors (Lipinski definition) is 1. The Morgan fingerprint density at radius 1 is 1.60 bits per heavy atom. The Balaban J connectivity index is -0.0000000200. The summed E-state index contributed by atoms with van der Waals surface area (Å²) in [5, 5.41) is 7.89. The molecule has 0 aromatic carbocycles. The molecule has 5 heavy (non-hydrogen) atoms. The van der Waals surface area contributed by atoms with E-state index in [1.807, 2.05) is 0 Å². The van der Waals surface area contributed by atoms with Gasteiger partial charge in [0.05, 0.1) is 0 Å². The van der Waals surface area contributed by atoms with Gasteiger partial charge in [-0.3, -0.25) is 0 Å². The van der Waals surface area contributed by atoms with E-state index in [1.165, 1.54) is 5.34 Å². The summed E-state index contributed by atoms with van der Waals surface area (Å²) in [5.41, 5.74) is 0. The van der Waals surface area contributed by atoms with Gasteiger partial charge in [-0.15, -0.1) is 4.91 Å². The van der Waals surface area contributed by atoms with Crippen LogP contribution in [0.15, 0.2) is 5.34 Å². The maximum atomic E-state index is 8.11. The van der Waals surface area contributed by atoms with E-state index in [9.17, 15) is 0 Å². The minimum Gasteiger partial charge on any atom is -0.379 e. The van der Waals surface area contributed by atoms with Gasteiger partial charge in [-0.2, -0.15) is 0 Å². The first-order valence-electron chi connectivity index (χ1n) is 0.383. The summed E-state index contributed by atoms with van der Waals surface area (Å²) < 4.78 is 0. The van der Waals surface area contributed by atoms with Crippen LogP contribution in [0.1, 0.15) is 0 Å². The molecule has 0 aliphatic heterocycles. The zero-order chi connectivity index (χ0) is 2.71. The van der Waals surface area contributed by atoms with Crippen molar-refractivity contribution in [3.8, 4) is 0 Å². The van der Waals surface area contributed by atoms with Crippen molar-refractivity contribution in [3.63, 3.8) is 0 Å². The first kappa shape index (κ1) is 16.0. The van der Waals surface area contributed by atoms with Gasteiger partial charge in [-0.05, 0) is 0 Å². The Morgan fingerprint density at radius 2 is 1.60 bits per heavy atom. The minimum atomic E-state index is 0. The van der Waals surface area contributed by atoms with Gasteiger partial charge < -0.3 is 5.21 Å². The molecule has 0 spiro atoms. The van der Waals surface area contributed by atoms with E-state index >= 15 is 0 Å². The van der Waals surface area contributed by atoms with E-state index in [-0.39, 0.29) is 62.9 Å². The van der Waals surface area contributed by atoms with Crippen molar-refractivity contribution in [2.24, 2.45) is 5.34 Å². The van der Waals surface area contributed by atoms with Gasteiger partial charge in [-0.25, -0.2) is 0 Å². The van der Waals surface area contributed by atoms with Crippen molar-refractivity contribution in [3.05, 3.63) is 4.91 Å². The van der Waals surface area contributed by atoms with Crippen LogP contribution in [-0.2, 0) is 0 Å². The van der Waals surface area contributed by atoms with Crippen molar-refractivity contribution in [1.82, 2.24) is 0 Å². The Hall–Kier alpha value is 1.52. The van der Waals surface area contributed by atoms with E-state index in [2.05, 4.69) is 0 Å². The molecule has 0 amide bonds.